The molecular formula is C24H24N2O3. The molecule has 0 fully saturated rings. The van der Waals surface area contributed by atoms with Gasteiger partial charge in [0.05, 0.1) is 24.4 Å². The molecule has 0 saturated carbocycles. The summed E-state index contributed by atoms with van der Waals surface area (Å²) in [6, 6.07) is 13.9. The van der Waals surface area contributed by atoms with Crippen LogP contribution in [0.25, 0.3) is 0 Å². The summed E-state index contributed by atoms with van der Waals surface area (Å²) >= 11 is 0. The largest absolute Gasteiger partial charge is 0.493 e. The molecule has 1 atom stereocenters. The molecule has 2 aliphatic heterocycles. The molecule has 1 N–H and O–H groups in total. The number of hydrogen-bond donors (Lipinski definition) is 1. The van der Waals surface area contributed by atoms with Crippen LogP contribution in [0.3, 0.4) is 0 Å². The summed E-state index contributed by atoms with van der Waals surface area (Å²) in [6.45, 7) is 1.17. The van der Waals surface area contributed by atoms with Gasteiger partial charge in [0.2, 0.25) is 0 Å². The fraction of sp³-hybridized carbons (Fsp3) is 0.292. The Labute approximate surface area is 170 Å². The minimum Gasteiger partial charge on any atom is -0.493 e. The van der Waals surface area contributed by atoms with Crippen LogP contribution in [0.1, 0.15) is 35.2 Å². The molecule has 2 heterocycles. The van der Waals surface area contributed by atoms with E-state index in [1.807, 2.05) is 41.3 Å². The van der Waals surface area contributed by atoms with Crippen molar-refractivity contribution in [1.82, 2.24) is 4.90 Å². The Hall–Kier alpha value is -3.21. The van der Waals surface area contributed by atoms with Crippen LogP contribution in [0, 0.1) is 0 Å². The zero-order valence-electron chi connectivity index (χ0n) is 16.5. The minimum atomic E-state index is 0.0273. The van der Waals surface area contributed by atoms with E-state index in [0.29, 0.717) is 23.7 Å². The highest BCUT2D eigenvalue weighted by molar-refractivity contribution is 6.03. The number of nitrogens with one attached hydrogen (secondary N) is 1. The van der Waals surface area contributed by atoms with Gasteiger partial charge in [-0.15, -0.1) is 0 Å². The van der Waals surface area contributed by atoms with Crippen LogP contribution in [-0.2, 0) is 6.61 Å². The second-order valence-corrected chi connectivity index (χ2v) is 7.67. The standard InChI is InChI=1S/C24H24N2O3/c1-28-22-12-19-20(13-23(22)29-15-16-7-3-2-4-8-16)25-14-18-11-17-9-5-6-10-21(17)26(18)24(19)27/h2-4,6-8,10,12-13,18,25H,5,9,11,14-15H2,1H3/t18-/m0/s1. The highest BCUT2D eigenvalue weighted by atomic mass is 16.5. The summed E-state index contributed by atoms with van der Waals surface area (Å²) in [6.07, 6.45) is 7.33. The van der Waals surface area contributed by atoms with E-state index < -0.39 is 0 Å². The Bertz CT molecular complexity index is 1010. The fourth-order valence-corrected chi connectivity index (χ4v) is 4.42. The number of anilines is 1. The molecule has 0 saturated heterocycles. The van der Waals surface area contributed by atoms with E-state index in [1.165, 1.54) is 5.57 Å². The first kappa shape index (κ1) is 17.9. The lowest BCUT2D eigenvalue weighted by molar-refractivity contribution is 0.0784. The molecule has 0 unspecified atom stereocenters. The molecule has 5 nitrogen and oxygen atoms in total. The molecule has 0 radical (unpaired) electrons. The van der Waals surface area contributed by atoms with Crippen LogP contribution < -0.4 is 14.8 Å². The van der Waals surface area contributed by atoms with E-state index in [1.54, 1.807) is 13.2 Å². The van der Waals surface area contributed by atoms with Gasteiger partial charge < -0.3 is 19.7 Å². The molecule has 1 aliphatic carbocycles. The average Bonchev–Trinajstić information content (AvgIpc) is 3.08. The van der Waals surface area contributed by atoms with E-state index in [9.17, 15) is 4.79 Å². The number of amides is 1. The van der Waals surface area contributed by atoms with E-state index >= 15 is 0 Å². The fourth-order valence-electron chi connectivity index (χ4n) is 4.42. The van der Waals surface area contributed by atoms with Gasteiger partial charge >= 0.3 is 0 Å². The molecule has 5 rings (SSSR count). The van der Waals surface area contributed by atoms with Crippen LogP contribution in [0.15, 0.2) is 65.9 Å². The summed E-state index contributed by atoms with van der Waals surface area (Å²) in [7, 11) is 1.61. The highest BCUT2D eigenvalue weighted by Crippen LogP contribution is 2.41. The molecule has 2 aromatic carbocycles. The van der Waals surface area contributed by atoms with Crippen LogP contribution in [-0.4, -0.2) is 30.5 Å². The van der Waals surface area contributed by atoms with Gasteiger partial charge in [-0.25, -0.2) is 0 Å². The normalized spacial score (nSPS) is 19.8. The maximum atomic E-state index is 13.5. The monoisotopic (exact) mass is 388 g/mol. The van der Waals surface area contributed by atoms with Crippen molar-refractivity contribution in [1.29, 1.82) is 0 Å². The SMILES string of the molecule is COc1cc2c(cc1OCc1ccccc1)NC[C@@H]1CC3=C(C=CCC3)N1C2=O. The van der Waals surface area contributed by atoms with Gasteiger partial charge in [-0.3, -0.25) is 4.79 Å². The van der Waals surface area contributed by atoms with Gasteiger partial charge in [-0.1, -0.05) is 36.4 Å². The van der Waals surface area contributed by atoms with Gasteiger partial charge in [0.15, 0.2) is 11.5 Å². The van der Waals surface area contributed by atoms with Crippen molar-refractivity contribution in [3.63, 3.8) is 0 Å². The molecule has 5 heteroatoms. The third kappa shape index (κ3) is 3.16. The Balaban J connectivity index is 1.46. The Morgan fingerprint density at radius 3 is 2.86 bits per heavy atom. The molecule has 0 spiro atoms. The zero-order valence-corrected chi connectivity index (χ0v) is 16.5. The zero-order chi connectivity index (χ0) is 19.8. The van der Waals surface area contributed by atoms with Crippen molar-refractivity contribution in [2.24, 2.45) is 0 Å². The van der Waals surface area contributed by atoms with Crippen molar-refractivity contribution in [3.05, 3.63) is 77.0 Å². The highest BCUT2D eigenvalue weighted by Gasteiger charge is 2.38. The third-order valence-corrected chi connectivity index (χ3v) is 5.88. The first-order valence-corrected chi connectivity index (χ1v) is 10.1. The molecule has 0 aromatic heterocycles. The predicted octanol–water partition coefficient (Wildman–Crippen LogP) is 4.52. The second kappa shape index (κ2) is 7.32. The van der Waals surface area contributed by atoms with Gasteiger partial charge in [-0.05, 0) is 42.5 Å². The van der Waals surface area contributed by atoms with E-state index in [4.69, 9.17) is 9.47 Å². The number of nitrogens with zero attached hydrogens (tertiary/aromatic N) is 1. The lowest BCUT2D eigenvalue weighted by Gasteiger charge is -2.24. The lowest BCUT2D eigenvalue weighted by Crippen LogP contribution is -2.37. The summed E-state index contributed by atoms with van der Waals surface area (Å²) in [5.74, 6) is 1.23. The number of benzene rings is 2. The molecule has 0 bridgehead atoms. The summed E-state index contributed by atoms with van der Waals surface area (Å²) < 4.78 is 11.6. The Morgan fingerprint density at radius 1 is 1.17 bits per heavy atom. The number of hydrogen-bond acceptors (Lipinski definition) is 4. The topological polar surface area (TPSA) is 50.8 Å². The van der Waals surface area contributed by atoms with E-state index in [-0.39, 0.29) is 11.9 Å². The number of carbonyl (C=O) groups excluding carboxylic acids is 1. The van der Waals surface area contributed by atoms with E-state index in [0.717, 1.165) is 42.8 Å². The van der Waals surface area contributed by atoms with Crippen molar-refractivity contribution in [2.45, 2.75) is 31.9 Å². The minimum absolute atomic E-state index is 0.0273. The quantitative estimate of drug-likeness (QED) is 0.837. The first-order valence-electron chi connectivity index (χ1n) is 10.1. The summed E-state index contributed by atoms with van der Waals surface area (Å²) in [5.41, 5.74) is 4.99. The van der Waals surface area contributed by atoms with Crippen LogP contribution in [0.5, 0.6) is 11.5 Å². The van der Waals surface area contributed by atoms with Crippen LogP contribution >= 0.6 is 0 Å². The molecule has 29 heavy (non-hydrogen) atoms. The average molecular weight is 388 g/mol. The van der Waals surface area contributed by atoms with Gasteiger partial charge in [0.1, 0.15) is 6.61 Å². The number of ether oxygens (including phenoxy) is 2. The summed E-state index contributed by atoms with van der Waals surface area (Å²) in [5, 5.41) is 3.48. The number of rotatable bonds is 4. The molecule has 3 aliphatic rings. The Kier molecular flexibility index (Phi) is 4.51. The number of carbonyl (C=O) groups is 1. The predicted molar refractivity (Wildman–Crippen MR) is 112 cm³/mol. The smallest absolute Gasteiger partial charge is 0.260 e. The van der Waals surface area contributed by atoms with Crippen molar-refractivity contribution in [2.75, 3.05) is 19.0 Å². The number of allylic oxidation sites excluding steroid dienone is 2. The van der Waals surface area contributed by atoms with Crippen molar-refractivity contribution < 1.29 is 14.3 Å². The van der Waals surface area contributed by atoms with Gasteiger partial charge in [-0.2, -0.15) is 0 Å². The Morgan fingerprint density at radius 2 is 2.03 bits per heavy atom. The lowest BCUT2D eigenvalue weighted by atomic mass is 10.0. The van der Waals surface area contributed by atoms with Gasteiger partial charge in [0, 0.05) is 18.3 Å². The summed E-state index contributed by atoms with van der Waals surface area (Å²) in [4.78, 5) is 15.4. The maximum absolute atomic E-state index is 13.5. The molecule has 1 amide bonds. The molecule has 148 valence electrons. The van der Waals surface area contributed by atoms with Crippen molar-refractivity contribution >= 4 is 11.6 Å². The molecule has 2 aromatic rings. The maximum Gasteiger partial charge on any atom is 0.260 e. The number of methoxy groups -OCH3 is 1. The third-order valence-electron chi connectivity index (χ3n) is 5.88. The first-order chi connectivity index (χ1) is 14.2. The van der Waals surface area contributed by atoms with Crippen LogP contribution in [0.2, 0.25) is 0 Å². The van der Waals surface area contributed by atoms with E-state index in [2.05, 4.69) is 17.5 Å². The second-order valence-electron chi connectivity index (χ2n) is 7.67. The number of fused-ring (bicyclic) bond motifs is 3. The van der Waals surface area contributed by atoms with Crippen molar-refractivity contribution in [3.8, 4) is 11.5 Å². The van der Waals surface area contributed by atoms with Crippen LogP contribution in [0.4, 0.5) is 5.69 Å². The molecular weight excluding hydrogens is 364 g/mol. The van der Waals surface area contributed by atoms with Gasteiger partial charge in [0.25, 0.3) is 5.91 Å².